The summed E-state index contributed by atoms with van der Waals surface area (Å²) in [5.41, 5.74) is 1.19. The molecular weight excluding hydrogens is 481 g/mol. The fourth-order valence-electron chi connectivity index (χ4n) is 3.61. The molecule has 2 amide bonds. The van der Waals surface area contributed by atoms with E-state index in [2.05, 4.69) is 16.0 Å². The molecule has 6 nitrogen and oxygen atoms in total. The maximum atomic E-state index is 12.5. The number of benzene rings is 2. The molecule has 1 saturated carbocycles. The lowest BCUT2D eigenvalue weighted by Gasteiger charge is -2.22. The lowest BCUT2D eigenvalue weighted by molar-refractivity contribution is -0.119. The number of nitrogens with one attached hydrogen (secondary N) is 3. The van der Waals surface area contributed by atoms with Gasteiger partial charge in [0.15, 0.2) is 5.11 Å². The van der Waals surface area contributed by atoms with Crippen molar-refractivity contribution < 1.29 is 14.3 Å². The first-order valence-electron chi connectivity index (χ1n) is 11.0. The van der Waals surface area contributed by atoms with Gasteiger partial charge < -0.3 is 20.7 Å². The molecule has 0 radical (unpaired) electrons. The largest absolute Gasteiger partial charge is 0.492 e. The van der Waals surface area contributed by atoms with Gasteiger partial charge in [-0.3, -0.25) is 9.59 Å². The summed E-state index contributed by atoms with van der Waals surface area (Å²) in [6.07, 6.45) is 6.32. The number of amides is 2. The van der Waals surface area contributed by atoms with Crippen LogP contribution in [0.1, 0.15) is 55.3 Å². The molecule has 0 heterocycles. The minimum absolute atomic E-state index is 0.0960. The van der Waals surface area contributed by atoms with E-state index < -0.39 is 0 Å². The molecule has 0 spiro atoms. The van der Waals surface area contributed by atoms with Crippen molar-refractivity contribution in [1.82, 2.24) is 10.6 Å². The zero-order valence-electron chi connectivity index (χ0n) is 18.2. The Balaban J connectivity index is 1.40. The smallest absolute Gasteiger partial charge is 0.251 e. The highest BCUT2D eigenvalue weighted by Crippen LogP contribution is 2.27. The Labute approximate surface area is 209 Å². The second-order valence-electron chi connectivity index (χ2n) is 7.92. The molecule has 9 heteroatoms. The number of rotatable bonds is 8. The number of hydrogen-bond donors (Lipinski definition) is 3. The summed E-state index contributed by atoms with van der Waals surface area (Å²) < 4.78 is 5.58. The molecule has 0 atom stereocenters. The van der Waals surface area contributed by atoms with E-state index in [0.29, 0.717) is 40.1 Å². The molecular formula is C24H27Cl2N3O3S. The monoisotopic (exact) mass is 507 g/mol. The van der Waals surface area contributed by atoms with Crippen LogP contribution in [0, 0.1) is 0 Å². The number of thiocarbonyl (C=S) groups is 1. The topological polar surface area (TPSA) is 79.5 Å². The third-order valence-electron chi connectivity index (χ3n) is 5.28. The van der Waals surface area contributed by atoms with E-state index in [1.54, 1.807) is 42.5 Å². The van der Waals surface area contributed by atoms with Gasteiger partial charge in [0.2, 0.25) is 5.91 Å². The minimum atomic E-state index is -0.232. The van der Waals surface area contributed by atoms with Crippen LogP contribution in [-0.2, 0) is 4.79 Å². The highest BCUT2D eigenvalue weighted by molar-refractivity contribution is 7.80. The van der Waals surface area contributed by atoms with E-state index in [1.165, 1.54) is 6.42 Å². The van der Waals surface area contributed by atoms with Crippen LogP contribution in [0.3, 0.4) is 0 Å². The maximum absolute atomic E-state index is 12.5. The van der Waals surface area contributed by atoms with Crippen molar-refractivity contribution in [3.63, 3.8) is 0 Å². The van der Waals surface area contributed by atoms with Crippen LogP contribution in [0.4, 0.5) is 5.69 Å². The fourth-order valence-corrected chi connectivity index (χ4v) is 4.31. The lowest BCUT2D eigenvalue weighted by atomic mass is 9.95. The first-order valence-corrected chi connectivity index (χ1v) is 12.2. The van der Waals surface area contributed by atoms with Crippen LogP contribution < -0.4 is 20.7 Å². The molecule has 0 saturated heterocycles. The zero-order valence-corrected chi connectivity index (χ0v) is 20.5. The van der Waals surface area contributed by atoms with Gasteiger partial charge >= 0.3 is 0 Å². The summed E-state index contributed by atoms with van der Waals surface area (Å²) in [5, 5.41) is 9.83. The highest BCUT2D eigenvalue weighted by Gasteiger charge is 2.17. The summed E-state index contributed by atoms with van der Waals surface area (Å²) in [4.78, 5) is 24.7. The quantitative estimate of drug-likeness (QED) is 0.314. The molecule has 33 heavy (non-hydrogen) atoms. The molecule has 176 valence electrons. The second kappa shape index (κ2) is 12.8. The molecule has 0 bridgehead atoms. The highest BCUT2D eigenvalue weighted by atomic mass is 35.5. The average molecular weight is 508 g/mol. The maximum Gasteiger partial charge on any atom is 0.251 e. The summed E-state index contributed by atoms with van der Waals surface area (Å²) in [5.74, 6) is 0.192. The van der Waals surface area contributed by atoms with E-state index in [0.717, 1.165) is 25.7 Å². The van der Waals surface area contributed by atoms with Crippen LogP contribution in [-0.4, -0.2) is 29.6 Å². The van der Waals surface area contributed by atoms with E-state index in [4.69, 9.17) is 40.2 Å². The van der Waals surface area contributed by atoms with Crippen LogP contribution in [0.15, 0.2) is 42.5 Å². The summed E-state index contributed by atoms with van der Waals surface area (Å²) in [7, 11) is 0. The number of ether oxygens (including phenoxy) is 1. The number of halogens is 2. The standard InChI is InChI=1S/C24H27Cl2N3O3S/c25-17-11-12-21(20(26)15-17)32-13-5-10-22(30)29-24(33)28-19-9-4-6-16(14-19)23(31)27-18-7-2-1-3-8-18/h4,6,9,11-12,14-15,18H,1-3,5,7-8,10,13H2,(H,27,31)(H2,28,29,30,33). The molecule has 1 aliphatic rings. The van der Waals surface area contributed by atoms with Gasteiger partial charge in [0.05, 0.1) is 11.6 Å². The van der Waals surface area contributed by atoms with Gasteiger partial charge in [-0.15, -0.1) is 0 Å². The third kappa shape index (κ3) is 8.50. The zero-order chi connectivity index (χ0) is 23.6. The molecule has 3 N–H and O–H groups in total. The van der Waals surface area contributed by atoms with Crippen LogP contribution >= 0.6 is 35.4 Å². The Morgan fingerprint density at radius 1 is 1.06 bits per heavy atom. The SMILES string of the molecule is O=C(CCCOc1ccc(Cl)cc1Cl)NC(=S)Nc1cccc(C(=O)NC2CCCCC2)c1. The minimum Gasteiger partial charge on any atom is -0.492 e. The number of anilines is 1. The first kappa shape index (κ1) is 25.3. The van der Waals surface area contributed by atoms with Gasteiger partial charge in [-0.2, -0.15) is 0 Å². The molecule has 0 aliphatic heterocycles. The number of carbonyl (C=O) groups is 2. The van der Waals surface area contributed by atoms with Crippen molar-refractivity contribution in [3.05, 3.63) is 58.1 Å². The van der Waals surface area contributed by atoms with Gasteiger partial charge in [-0.1, -0.05) is 48.5 Å². The van der Waals surface area contributed by atoms with E-state index in [1.807, 2.05) is 0 Å². The Morgan fingerprint density at radius 2 is 1.85 bits per heavy atom. The molecule has 3 rings (SSSR count). The predicted molar refractivity (Wildman–Crippen MR) is 136 cm³/mol. The Morgan fingerprint density at radius 3 is 2.61 bits per heavy atom. The molecule has 1 aliphatic carbocycles. The van der Waals surface area contributed by atoms with Gasteiger partial charge in [0.25, 0.3) is 5.91 Å². The normalized spacial score (nSPS) is 13.8. The summed E-state index contributed by atoms with van der Waals surface area (Å²) in [6, 6.07) is 12.3. The van der Waals surface area contributed by atoms with Gasteiger partial charge in [-0.25, -0.2) is 0 Å². The Hall–Kier alpha value is -2.35. The van der Waals surface area contributed by atoms with E-state index >= 15 is 0 Å². The van der Waals surface area contributed by atoms with Crippen molar-refractivity contribution >= 4 is 58.0 Å². The van der Waals surface area contributed by atoms with Crippen molar-refractivity contribution in [2.24, 2.45) is 0 Å². The number of hydrogen-bond acceptors (Lipinski definition) is 4. The Bertz CT molecular complexity index is 997. The van der Waals surface area contributed by atoms with Crippen LogP contribution in [0.2, 0.25) is 10.0 Å². The lowest BCUT2D eigenvalue weighted by Crippen LogP contribution is -2.36. The molecule has 2 aromatic carbocycles. The second-order valence-corrected chi connectivity index (χ2v) is 9.17. The van der Waals surface area contributed by atoms with Crippen molar-refractivity contribution in [2.75, 3.05) is 11.9 Å². The number of carbonyl (C=O) groups excluding carboxylic acids is 2. The Kier molecular flexibility index (Phi) is 9.78. The molecule has 1 fully saturated rings. The molecule has 2 aromatic rings. The van der Waals surface area contributed by atoms with E-state index in [9.17, 15) is 9.59 Å². The third-order valence-corrected chi connectivity index (χ3v) is 6.01. The van der Waals surface area contributed by atoms with E-state index in [-0.39, 0.29) is 29.4 Å². The first-order chi connectivity index (χ1) is 15.9. The van der Waals surface area contributed by atoms with Gasteiger partial charge in [0.1, 0.15) is 5.75 Å². The summed E-state index contributed by atoms with van der Waals surface area (Å²) in [6.45, 7) is 0.327. The van der Waals surface area contributed by atoms with Crippen molar-refractivity contribution in [2.45, 2.75) is 51.0 Å². The molecule has 0 aromatic heterocycles. The molecule has 0 unspecified atom stereocenters. The fraction of sp³-hybridized carbons (Fsp3) is 0.375. The van der Waals surface area contributed by atoms with Crippen molar-refractivity contribution in [1.29, 1.82) is 0 Å². The van der Waals surface area contributed by atoms with Crippen molar-refractivity contribution in [3.8, 4) is 5.75 Å². The van der Waals surface area contributed by atoms with Crippen LogP contribution in [0.25, 0.3) is 0 Å². The van der Waals surface area contributed by atoms with Gasteiger partial charge in [0, 0.05) is 28.7 Å². The average Bonchev–Trinajstić information content (AvgIpc) is 2.78. The summed E-state index contributed by atoms with van der Waals surface area (Å²) >= 11 is 17.1. The van der Waals surface area contributed by atoms with Gasteiger partial charge in [-0.05, 0) is 67.9 Å². The van der Waals surface area contributed by atoms with Crippen LogP contribution in [0.5, 0.6) is 5.75 Å². The predicted octanol–water partition coefficient (Wildman–Crippen LogP) is 5.73.